The normalized spacial score (nSPS) is 10.8. The lowest BCUT2D eigenvalue weighted by Gasteiger charge is -1.99. The van der Waals surface area contributed by atoms with Gasteiger partial charge in [-0.2, -0.15) is 0 Å². The molecule has 0 aliphatic carbocycles. The lowest BCUT2D eigenvalue weighted by atomic mass is 10.1. The zero-order valence-corrected chi connectivity index (χ0v) is 12.9. The van der Waals surface area contributed by atoms with Crippen molar-refractivity contribution >= 4 is 11.3 Å². The van der Waals surface area contributed by atoms with Gasteiger partial charge in [-0.05, 0) is 12.0 Å². The van der Waals surface area contributed by atoms with Crippen molar-refractivity contribution in [2.45, 2.75) is 19.9 Å². The number of aromatic nitrogens is 1. The number of rotatable bonds is 4. The first-order chi connectivity index (χ1) is 10.3. The minimum atomic E-state index is 0.577. The summed E-state index contributed by atoms with van der Waals surface area (Å²) in [5, 5.41) is 1.08. The van der Waals surface area contributed by atoms with E-state index >= 15 is 0 Å². The maximum absolute atomic E-state index is 5.65. The van der Waals surface area contributed by atoms with Crippen LogP contribution in [0, 0.1) is 0 Å². The van der Waals surface area contributed by atoms with Crippen LogP contribution in [0.2, 0.25) is 0 Å². The second-order valence-corrected chi connectivity index (χ2v) is 6.00. The fourth-order valence-corrected chi connectivity index (χ4v) is 3.35. The van der Waals surface area contributed by atoms with Gasteiger partial charge in [0.25, 0.3) is 0 Å². The smallest absolute Gasteiger partial charge is 0.124 e. The van der Waals surface area contributed by atoms with Crippen molar-refractivity contribution < 1.29 is 0 Å². The molecule has 0 radical (unpaired) electrons. The third kappa shape index (κ3) is 2.89. The summed E-state index contributed by atoms with van der Waals surface area (Å²) in [6.45, 7) is 2.76. The van der Waals surface area contributed by atoms with Crippen LogP contribution in [0.4, 0.5) is 0 Å². The highest BCUT2D eigenvalue weighted by Gasteiger charge is 2.12. The van der Waals surface area contributed by atoms with Crippen LogP contribution in [0.1, 0.15) is 17.4 Å². The van der Waals surface area contributed by atoms with Crippen LogP contribution in [0.25, 0.3) is 21.8 Å². The molecule has 0 saturated heterocycles. The number of thiazole rings is 1. The van der Waals surface area contributed by atoms with Gasteiger partial charge in [-0.1, -0.05) is 61.5 Å². The van der Waals surface area contributed by atoms with Gasteiger partial charge in [-0.25, -0.2) is 4.98 Å². The first kappa shape index (κ1) is 14.0. The molecule has 0 aliphatic heterocycles. The number of nitrogens with zero attached hydrogens (tertiary/aromatic N) is 1. The number of benzene rings is 2. The maximum Gasteiger partial charge on any atom is 0.124 e. The summed E-state index contributed by atoms with van der Waals surface area (Å²) >= 11 is 1.78. The van der Waals surface area contributed by atoms with Crippen molar-refractivity contribution in [3.05, 3.63) is 65.0 Å². The van der Waals surface area contributed by atoms with E-state index in [2.05, 4.69) is 55.5 Å². The van der Waals surface area contributed by atoms with Crippen molar-refractivity contribution in [2.24, 2.45) is 5.73 Å². The van der Waals surface area contributed by atoms with Gasteiger partial charge < -0.3 is 5.73 Å². The number of hydrogen-bond acceptors (Lipinski definition) is 3. The van der Waals surface area contributed by atoms with Crippen molar-refractivity contribution in [2.75, 3.05) is 0 Å². The molecule has 0 atom stereocenters. The molecule has 0 fully saturated rings. The quantitative estimate of drug-likeness (QED) is 0.769. The minimum absolute atomic E-state index is 0.577. The van der Waals surface area contributed by atoms with Crippen LogP contribution in [0.5, 0.6) is 0 Å². The summed E-state index contributed by atoms with van der Waals surface area (Å²) < 4.78 is 0. The Labute approximate surface area is 129 Å². The van der Waals surface area contributed by atoms with Crippen molar-refractivity contribution in [1.29, 1.82) is 0 Å². The molecule has 1 aromatic heterocycles. The SMILES string of the molecule is CCc1sc(-c2ccc(CN)cc2)nc1-c1ccccc1. The molecule has 3 aromatic rings. The molecule has 0 saturated carbocycles. The summed E-state index contributed by atoms with van der Waals surface area (Å²) in [7, 11) is 0. The lowest BCUT2D eigenvalue weighted by Crippen LogP contribution is -1.95. The van der Waals surface area contributed by atoms with Crippen LogP contribution < -0.4 is 5.73 Å². The van der Waals surface area contributed by atoms with Crippen LogP contribution in [-0.2, 0) is 13.0 Å². The number of hydrogen-bond donors (Lipinski definition) is 1. The summed E-state index contributed by atoms with van der Waals surface area (Å²) in [6.07, 6.45) is 1.00. The molecule has 0 bridgehead atoms. The van der Waals surface area contributed by atoms with Gasteiger partial charge in [-0.3, -0.25) is 0 Å². The van der Waals surface area contributed by atoms with Gasteiger partial charge in [-0.15, -0.1) is 11.3 Å². The Bertz CT molecular complexity index is 715. The van der Waals surface area contributed by atoms with Gasteiger partial charge in [0.05, 0.1) is 5.69 Å². The highest BCUT2D eigenvalue weighted by atomic mass is 32.1. The van der Waals surface area contributed by atoms with E-state index in [1.165, 1.54) is 10.4 Å². The monoisotopic (exact) mass is 294 g/mol. The fraction of sp³-hybridized carbons (Fsp3) is 0.167. The Kier molecular flexibility index (Phi) is 4.13. The van der Waals surface area contributed by atoms with E-state index in [0.29, 0.717) is 6.54 Å². The summed E-state index contributed by atoms with van der Waals surface area (Å²) in [5.41, 5.74) is 10.3. The molecule has 2 aromatic carbocycles. The highest BCUT2D eigenvalue weighted by Crippen LogP contribution is 2.34. The second kappa shape index (κ2) is 6.20. The van der Waals surface area contributed by atoms with Crippen LogP contribution in [0.15, 0.2) is 54.6 Å². The van der Waals surface area contributed by atoms with Gasteiger partial charge in [0.2, 0.25) is 0 Å². The second-order valence-electron chi connectivity index (χ2n) is 4.91. The molecule has 21 heavy (non-hydrogen) atoms. The Morgan fingerprint density at radius 1 is 0.952 bits per heavy atom. The van der Waals surface area contributed by atoms with Crippen molar-refractivity contribution in [3.63, 3.8) is 0 Å². The summed E-state index contributed by atoms with van der Waals surface area (Å²) in [5.74, 6) is 0. The molecule has 3 rings (SSSR count). The zero-order chi connectivity index (χ0) is 14.7. The fourth-order valence-electron chi connectivity index (χ4n) is 2.32. The Morgan fingerprint density at radius 3 is 2.29 bits per heavy atom. The average Bonchev–Trinajstić information content (AvgIpc) is 3.00. The van der Waals surface area contributed by atoms with Gasteiger partial charge >= 0.3 is 0 Å². The lowest BCUT2D eigenvalue weighted by molar-refractivity contribution is 1.07. The molecule has 106 valence electrons. The molecule has 0 aliphatic rings. The first-order valence-corrected chi connectivity index (χ1v) is 7.98. The summed E-state index contributed by atoms with van der Waals surface area (Å²) in [4.78, 5) is 6.20. The van der Waals surface area contributed by atoms with E-state index in [4.69, 9.17) is 10.7 Å². The molecular weight excluding hydrogens is 276 g/mol. The molecular formula is C18H18N2S. The highest BCUT2D eigenvalue weighted by molar-refractivity contribution is 7.15. The molecule has 0 amide bonds. The molecule has 3 heteroatoms. The third-order valence-electron chi connectivity index (χ3n) is 3.50. The standard InChI is InChI=1S/C18H18N2S/c1-2-16-17(14-6-4-3-5-7-14)20-18(21-16)15-10-8-13(12-19)9-11-15/h3-11H,2,12,19H2,1H3. The van der Waals surface area contributed by atoms with Crippen molar-refractivity contribution in [1.82, 2.24) is 4.98 Å². The van der Waals surface area contributed by atoms with Crippen molar-refractivity contribution in [3.8, 4) is 21.8 Å². The Morgan fingerprint density at radius 2 is 1.67 bits per heavy atom. The number of aryl methyl sites for hydroxylation is 1. The summed E-state index contributed by atoms with van der Waals surface area (Å²) in [6, 6.07) is 18.8. The molecule has 2 N–H and O–H groups in total. The Balaban J connectivity index is 2.02. The van der Waals surface area contributed by atoms with E-state index in [0.717, 1.165) is 28.2 Å². The van der Waals surface area contributed by atoms with Gasteiger partial charge in [0, 0.05) is 22.5 Å². The zero-order valence-electron chi connectivity index (χ0n) is 12.0. The number of nitrogens with two attached hydrogens (primary N) is 1. The van der Waals surface area contributed by atoms with Crippen LogP contribution in [-0.4, -0.2) is 4.98 Å². The Hall–Kier alpha value is -1.97. The molecule has 0 spiro atoms. The maximum atomic E-state index is 5.65. The largest absolute Gasteiger partial charge is 0.326 e. The van der Waals surface area contributed by atoms with E-state index in [-0.39, 0.29) is 0 Å². The topological polar surface area (TPSA) is 38.9 Å². The first-order valence-electron chi connectivity index (χ1n) is 7.16. The predicted octanol–water partition coefficient (Wildman–Crippen LogP) is 4.50. The molecule has 1 heterocycles. The van der Waals surface area contributed by atoms with Crippen LogP contribution >= 0.6 is 11.3 Å². The average molecular weight is 294 g/mol. The van der Waals surface area contributed by atoms with Crippen LogP contribution in [0.3, 0.4) is 0 Å². The van der Waals surface area contributed by atoms with E-state index < -0.39 is 0 Å². The van der Waals surface area contributed by atoms with E-state index in [9.17, 15) is 0 Å². The third-order valence-corrected chi connectivity index (χ3v) is 4.75. The minimum Gasteiger partial charge on any atom is -0.326 e. The van der Waals surface area contributed by atoms with E-state index in [1.54, 1.807) is 11.3 Å². The van der Waals surface area contributed by atoms with E-state index in [1.807, 2.05) is 6.07 Å². The molecule has 0 unspecified atom stereocenters. The molecule has 2 nitrogen and oxygen atoms in total. The van der Waals surface area contributed by atoms with Gasteiger partial charge in [0.1, 0.15) is 5.01 Å². The van der Waals surface area contributed by atoms with Gasteiger partial charge in [0.15, 0.2) is 0 Å². The predicted molar refractivity (Wildman–Crippen MR) is 90.3 cm³/mol.